The zero-order valence-electron chi connectivity index (χ0n) is 8.22. The van der Waals surface area contributed by atoms with Gasteiger partial charge in [0.1, 0.15) is 0 Å². The minimum Gasteiger partial charge on any atom is -0.481 e. The van der Waals surface area contributed by atoms with E-state index in [2.05, 4.69) is 0 Å². The van der Waals surface area contributed by atoms with E-state index < -0.39 is 17.9 Å². The van der Waals surface area contributed by atoms with E-state index in [0.717, 1.165) is 20.8 Å². The summed E-state index contributed by atoms with van der Waals surface area (Å²) in [4.78, 5) is 27.0. The normalized spacial score (nSPS) is 5.36. The van der Waals surface area contributed by atoms with Crippen molar-refractivity contribution >= 4 is 42.3 Å². The molecule has 0 heterocycles. The molecule has 0 fully saturated rings. The SMILES string of the molecule is CC(=O)O.CC(=O)O.CC(=O)O.N.[Sb+3]. The van der Waals surface area contributed by atoms with Crippen molar-refractivity contribution in [3.8, 4) is 0 Å². The van der Waals surface area contributed by atoms with Gasteiger partial charge in [-0.25, -0.2) is 0 Å². The van der Waals surface area contributed by atoms with E-state index in [1.54, 1.807) is 0 Å². The topological polar surface area (TPSA) is 147 Å². The first-order valence-corrected chi connectivity index (χ1v) is 2.78. The molecule has 0 saturated carbocycles. The second kappa shape index (κ2) is 22.8. The number of hydrogen-bond donors (Lipinski definition) is 4. The summed E-state index contributed by atoms with van der Waals surface area (Å²) in [7, 11) is 0. The fourth-order valence-electron chi connectivity index (χ4n) is 0. The number of aliphatic carboxylic acids is 3. The summed E-state index contributed by atoms with van der Waals surface area (Å²) in [5.41, 5.74) is 0. The van der Waals surface area contributed by atoms with Crippen LogP contribution < -0.4 is 6.15 Å². The van der Waals surface area contributed by atoms with Crippen LogP contribution in [-0.4, -0.2) is 57.7 Å². The molecule has 0 amide bonds. The molecule has 0 bridgehead atoms. The number of carboxylic acid groups (broad SMARTS) is 3. The van der Waals surface area contributed by atoms with E-state index in [1.807, 2.05) is 0 Å². The molecule has 0 rings (SSSR count). The van der Waals surface area contributed by atoms with Gasteiger partial charge < -0.3 is 21.5 Å². The molecule has 6 N–H and O–H groups in total. The van der Waals surface area contributed by atoms with Gasteiger partial charge in [-0.1, -0.05) is 0 Å². The molecule has 0 saturated heterocycles. The molecule has 0 atom stereocenters. The Morgan fingerprint density at radius 3 is 0.714 bits per heavy atom. The number of rotatable bonds is 0. The van der Waals surface area contributed by atoms with E-state index in [4.69, 9.17) is 29.7 Å². The van der Waals surface area contributed by atoms with Gasteiger partial charge in [-0.3, -0.25) is 14.4 Å². The smallest absolute Gasteiger partial charge is 0.481 e. The molecular weight excluding hydrogens is 304 g/mol. The largest absolute Gasteiger partial charge is 3.00 e. The second-order valence-corrected chi connectivity index (χ2v) is 1.56. The molecule has 0 aromatic heterocycles. The van der Waals surface area contributed by atoms with Crippen LogP contribution in [0.25, 0.3) is 0 Å². The van der Waals surface area contributed by atoms with Gasteiger partial charge in [0, 0.05) is 20.8 Å². The van der Waals surface area contributed by atoms with Crippen molar-refractivity contribution in [3.05, 3.63) is 0 Å². The summed E-state index contributed by atoms with van der Waals surface area (Å²) in [6, 6.07) is 0. The van der Waals surface area contributed by atoms with Crippen LogP contribution in [-0.2, 0) is 14.4 Å². The van der Waals surface area contributed by atoms with E-state index in [9.17, 15) is 0 Å². The van der Waals surface area contributed by atoms with E-state index >= 15 is 0 Å². The first-order chi connectivity index (χ1) is 5.20. The van der Waals surface area contributed by atoms with Crippen molar-refractivity contribution < 1.29 is 29.7 Å². The third-order valence-corrected chi connectivity index (χ3v) is 0. The summed E-state index contributed by atoms with van der Waals surface area (Å²) < 4.78 is 0. The summed E-state index contributed by atoms with van der Waals surface area (Å²) in [5.74, 6) is -2.50. The van der Waals surface area contributed by atoms with Gasteiger partial charge >= 0.3 is 24.4 Å². The van der Waals surface area contributed by atoms with Gasteiger partial charge in [0.15, 0.2) is 0 Å². The van der Waals surface area contributed by atoms with Gasteiger partial charge in [0.05, 0.1) is 0 Å². The molecular formula is C6H15NO6Sb+3. The molecule has 0 aromatic rings. The first-order valence-electron chi connectivity index (χ1n) is 2.78. The standard InChI is InChI=1S/3C2H4O2.H3N.Sb/c3*1-2(3)4;;/h3*1H3,(H,3,4);1H3;/q;;;;+3. The van der Waals surface area contributed by atoms with E-state index in [1.165, 1.54) is 0 Å². The summed E-state index contributed by atoms with van der Waals surface area (Å²) in [5, 5.41) is 22.2. The van der Waals surface area contributed by atoms with Crippen LogP contribution in [0.2, 0.25) is 0 Å². The van der Waals surface area contributed by atoms with Crippen molar-refractivity contribution in [2.24, 2.45) is 0 Å². The van der Waals surface area contributed by atoms with E-state index in [0.29, 0.717) is 0 Å². The summed E-state index contributed by atoms with van der Waals surface area (Å²) in [6.07, 6.45) is 0. The Labute approximate surface area is 99.1 Å². The predicted molar refractivity (Wildman–Crippen MR) is 50.7 cm³/mol. The van der Waals surface area contributed by atoms with Gasteiger partial charge in [-0.15, -0.1) is 0 Å². The van der Waals surface area contributed by atoms with Gasteiger partial charge in [-0.05, 0) is 0 Å². The third kappa shape index (κ3) is 1760. The minimum atomic E-state index is -0.833. The second-order valence-electron chi connectivity index (χ2n) is 1.56. The molecule has 0 spiro atoms. The molecule has 0 unspecified atom stereocenters. The van der Waals surface area contributed by atoms with Crippen molar-refractivity contribution in [1.29, 1.82) is 0 Å². The number of carboxylic acids is 3. The van der Waals surface area contributed by atoms with Crippen LogP contribution >= 0.6 is 0 Å². The Hall–Kier alpha value is -0.812. The maximum Gasteiger partial charge on any atom is 3.00 e. The molecule has 0 aliphatic carbocycles. The van der Waals surface area contributed by atoms with Gasteiger partial charge in [0.2, 0.25) is 0 Å². The quantitative estimate of drug-likeness (QED) is 0.461. The van der Waals surface area contributed by atoms with Crippen molar-refractivity contribution in [3.63, 3.8) is 0 Å². The van der Waals surface area contributed by atoms with E-state index in [-0.39, 0.29) is 30.6 Å². The molecule has 14 heavy (non-hydrogen) atoms. The molecule has 2 radical (unpaired) electrons. The molecule has 0 aliphatic rings. The average molecular weight is 319 g/mol. The Morgan fingerprint density at radius 1 is 0.714 bits per heavy atom. The zero-order valence-corrected chi connectivity index (χ0v) is 10.8. The first kappa shape index (κ1) is 29.2. The van der Waals surface area contributed by atoms with Crippen LogP contribution in [0.3, 0.4) is 0 Å². The van der Waals surface area contributed by atoms with Gasteiger partial charge in [-0.2, -0.15) is 0 Å². The average Bonchev–Trinajstić information content (AvgIpc) is 1.54. The minimum absolute atomic E-state index is 0. The van der Waals surface area contributed by atoms with Gasteiger partial charge in [0.25, 0.3) is 17.9 Å². The Kier molecular flexibility index (Phi) is 47.5. The maximum atomic E-state index is 9.00. The molecule has 82 valence electrons. The molecule has 0 aliphatic heterocycles. The Bertz CT molecular complexity index is 120. The van der Waals surface area contributed by atoms with Crippen LogP contribution in [0, 0.1) is 0 Å². The van der Waals surface area contributed by atoms with Crippen molar-refractivity contribution in [1.82, 2.24) is 6.15 Å². The number of carbonyl (C=O) groups is 3. The van der Waals surface area contributed by atoms with Crippen molar-refractivity contribution in [2.45, 2.75) is 20.8 Å². The molecule has 8 heteroatoms. The third-order valence-electron chi connectivity index (χ3n) is 0. The zero-order chi connectivity index (χ0) is 10.7. The Morgan fingerprint density at radius 2 is 0.714 bits per heavy atom. The van der Waals surface area contributed by atoms with Crippen LogP contribution in [0.15, 0.2) is 0 Å². The van der Waals surface area contributed by atoms with Crippen molar-refractivity contribution in [2.75, 3.05) is 0 Å². The van der Waals surface area contributed by atoms with Crippen LogP contribution in [0.1, 0.15) is 20.8 Å². The number of hydrogen-bond acceptors (Lipinski definition) is 4. The fraction of sp³-hybridized carbons (Fsp3) is 0.500. The van der Waals surface area contributed by atoms with Crippen LogP contribution in [0.4, 0.5) is 0 Å². The fourth-order valence-corrected chi connectivity index (χ4v) is 0. The maximum absolute atomic E-state index is 9.00. The molecule has 7 nitrogen and oxygen atoms in total. The molecule has 0 aromatic carbocycles. The monoisotopic (exact) mass is 318 g/mol. The predicted octanol–water partition coefficient (Wildman–Crippen LogP) is 0.0539. The summed E-state index contributed by atoms with van der Waals surface area (Å²) in [6.45, 7) is 3.25. The summed E-state index contributed by atoms with van der Waals surface area (Å²) >= 11 is 0. The van der Waals surface area contributed by atoms with Crippen LogP contribution in [0.5, 0.6) is 0 Å². The Balaban J connectivity index is -0.0000000270.